The van der Waals surface area contributed by atoms with Crippen LogP contribution in [-0.2, 0) is 16.0 Å². The number of aliphatic hydroxyl groups is 1. The smallest absolute Gasteiger partial charge is 0.336 e. The van der Waals surface area contributed by atoms with Gasteiger partial charge in [0.1, 0.15) is 5.75 Å². The molecule has 2 rings (SSSR count). The molecule has 0 aromatic heterocycles. The van der Waals surface area contributed by atoms with Crippen molar-refractivity contribution in [1.82, 2.24) is 5.32 Å². The van der Waals surface area contributed by atoms with Gasteiger partial charge in [-0.2, -0.15) is 0 Å². The molecule has 0 aliphatic rings. The summed E-state index contributed by atoms with van der Waals surface area (Å²) in [7, 11) is 1.21. The SMILES string of the molecule is CCCCCCCCCCCCCCCCOc1ccc(C(=O)N[C@@H](Cc2ccccc2)[C@@H](O)C(=O)OC)cc1. The van der Waals surface area contributed by atoms with Crippen LogP contribution in [0.2, 0.25) is 0 Å². The van der Waals surface area contributed by atoms with Crippen LogP contribution >= 0.6 is 0 Å². The molecule has 0 aliphatic heterocycles. The van der Waals surface area contributed by atoms with Crippen molar-refractivity contribution in [2.45, 2.75) is 115 Å². The number of carbonyl (C=O) groups excluding carboxylic acids is 2. The molecule has 0 fully saturated rings. The Hall–Kier alpha value is -2.86. The predicted molar refractivity (Wildman–Crippen MR) is 162 cm³/mol. The van der Waals surface area contributed by atoms with Crippen molar-refractivity contribution in [1.29, 1.82) is 0 Å². The van der Waals surface area contributed by atoms with Crippen LogP contribution in [0.25, 0.3) is 0 Å². The highest BCUT2D eigenvalue weighted by atomic mass is 16.5. The molecule has 6 heteroatoms. The molecule has 2 aromatic rings. The number of benzene rings is 2. The molecule has 0 saturated heterocycles. The Morgan fingerprint density at radius 2 is 1.27 bits per heavy atom. The number of ether oxygens (including phenoxy) is 2. The molecule has 0 radical (unpaired) electrons. The summed E-state index contributed by atoms with van der Waals surface area (Å²) in [4.78, 5) is 24.8. The number of unbranched alkanes of at least 4 members (excludes halogenated alkanes) is 13. The number of hydrogen-bond acceptors (Lipinski definition) is 5. The number of rotatable bonds is 22. The zero-order chi connectivity index (χ0) is 28.8. The molecule has 2 N–H and O–H groups in total. The average molecular weight is 554 g/mol. The van der Waals surface area contributed by atoms with Gasteiger partial charge in [0.25, 0.3) is 5.91 Å². The first kappa shape index (κ1) is 33.3. The van der Waals surface area contributed by atoms with Crippen molar-refractivity contribution in [3.63, 3.8) is 0 Å². The van der Waals surface area contributed by atoms with Gasteiger partial charge in [0, 0.05) is 5.56 Å². The number of esters is 1. The third-order valence-corrected chi connectivity index (χ3v) is 7.32. The Morgan fingerprint density at radius 3 is 1.80 bits per heavy atom. The molecule has 2 aromatic carbocycles. The molecule has 222 valence electrons. The molecule has 1 amide bonds. The van der Waals surface area contributed by atoms with Crippen LogP contribution in [0, 0.1) is 0 Å². The van der Waals surface area contributed by atoms with E-state index in [9.17, 15) is 14.7 Å². The third kappa shape index (κ3) is 14.0. The van der Waals surface area contributed by atoms with Crippen LogP contribution < -0.4 is 10.1 Å². The minimum absolute atomic E-state index is 0.295. The van der Waals surface area contributed by atoms with E-state index in [1.165, 1.54) is 90.6 Å². The molecule has 0 spiro atoms. The molecule has 0 saturated carbocycles. The Labute approximate surface area is 241 Å². The van der Waals surface area contributed by atoms with Crippen LogP contribution in [0.4, 0.5) is 0 Å². The van der Waals surface area contributed by atoms with Gasteiger partial charge in [0.05, 0.1) is 19.8 Å². The fraction of sp³-hybridized carbons (Fsp3) is 0.588. The second-order valence-electron chi connectivity index (χ2n) is 10.7. The molecule has 0 aliphatic carbocycles. The van der Waals surface area contributed by atoms with E-state index in [0.29, 0.717) is 18.6 Å². The van der Waals surface area contributed by atoms with Crippen LogP contribution in [0.1, 0.15) is 113 Å². The van der Waals surface area contributed by atoms with Gasteiger partial charge < -0.3 is 19.9 Å². The minimum atomic E-state index is -1.47. The number of methoxy groups -OCH3 is 1. The van der Waals surface area contributed by atoms with Gasteiger partial charge in [-0.05, 0) is 42.7 Å². The van der Waals surface area contributed by atoms with Gasteiger partial charge in [-0.15, -0.1) is 0 Å². The summed E-state index contributed by atoms with van der Waals surface area (Å²) in [6.45, 7) is 2.93. The van der Waals surface area contributed by atoms with E-state index >= 15 is 0 Å². The van der Waals surface area contributed by atoms with Gasteiger partial charge >= 0.3 is 5.97 Å². The molecule has 6 nitrogen and oxygen atoms in total. The quantitative estimate of drug-likeness (QED) is 0.117. The van der Waals surface area contributed by atoms with E-state index in [4.69, 9.17) is 4.74 Å². The molecule has 0 heterocycles. The first-order valence-electron chi connectivity index (χ1n) is 15.4. The molecule has 0 unspecified atom stereocenters. The lowest BCUT2D eigenvalue weighted by Crippen LogP contribution is -2.48. The maximum atomic E-state index is 12.9. The highest BCUT2D eigenvalue weighted by Gasteiger charge is 2.29. The second kappa shape index (κ2) is 21.0. The number of aliphatic hydroxyl groups excluding tert-OH is 1. The number of carbonyl (C=O) groups is 2. The van der Waals surface area contributed by atoms with Crippen molar-refractivity contribution in [3.8, 4) is 5.75 Å². The van der Waals surface area contributed by atoms with Crippen molar-refractivity contribution in [2.75, 3.05) is 13.7 Å². The number of hydrogen-bond donors (Lipinski definition) is 2. The maximum absolute atomic E-state index is 12.9. The van der Waals surface area contributed by atoms with Gasteiger partial charge in [-0.3, -0.25) is 4.79 Å². The predicted octanol–water partition coefficient (Wildman–Crippen LogP) is 7.42. The number of amides is 1. The molecule has 0 bridgehead atoms. The lowest BCUT2D eigenvalue weighted by molar-refractivity contribution is -0.151. The highest BCUT2D eigenvalue weighted by Crippen LogP contribution is 2.16. The highest BCUT2D eigenvalue weighted by molar-refractivity contribution is 5.95. The van der Waals surface area contributed by atoms with Crippen molar-refractivity contribution in [2.24, 2.45) is 0 Å². The van der Waals surface area contributed by atoms with Gasteiger partial charge in [-0.25, -0.2) is 4.79 Å². The largest absolute Gasteiger partial charge is 0.494 e. The summed E-state index contributed by atoms with van der Waals surface area (Å²) >= 11 is 0. The van der Waals surface area contributed by atoms with Crippen LogP contribution in [0.15, 0.2) is 54.6 Å². The second-order valence-corrected chi connectivity index (χ2v) is 10.7. The van der Waals surface area contributed by atoms with E-state index in [-0.39, 0.29) is 5.91 Å². The molecular weight excluding hydrogens is 502 g/mol. The molecular formula is C34H51NO5. The van der Waals surface area contributed by atoms with Crippen LogP contribution in [-0.4, -0.2) is 42.8 Å². The summed E-state index contributed by atoms with van der Waals surface area (Å²) in [5.74, 6) is -0.433. The molecule has 40 heavy (non-hydrogen) atoms. The Morgan fingerprint density at radius 1 is 0.750 bits per heavy atom. The third-order valence-electron chi connectivity index (χ3n) is 7.32. The fourth-order valence-electron chi connectivity index (χ4n) is 4.84. The Kier molecular flexibility index (Phi) is 17.5. The molecule has 2 atom stereocenters. The van der Waals surface area contributed by atoms with Gasteiger partial charge in [-0.1, -0.05) is 121 Å². The fourth-order valence-corrected chi connectivity index (χ4v) is 4.84. The maximum Gasteiger partial charge on any atom is 0.336 e. The Bertz CT molecular complexity index is 931. The first-order chi connectivity index (χ1) is 19.5. The van der Waals surface area contributed by atoms with E-state index in [1.807, 2.05) is 30.3 Å². The summed E-state index contributed by atoms with van der Waals surface area (Å²) in [5, 5.41) is 13.2. The van der Waals surface area contributed by atoms with Crippen LogP contribution in [0.3, 0.4) is 0 Å². The zero-order valence-electron chi connectivity index (χ0n) is 24.7. The minimum Gasteiger partial charge on any atom is -0.494 e. The summed E-state index contributed by atoms with van der Waals surface area (Å²) < 4.78 is 10.5. The van der Waals surface area contributed by atoms with Gasteiger partial charge in [0.15, 0.2) is 6.10 Å². The average Bonchev–Trinajstić information content (AvgIpc) is 2.98. The summed E-state index contributed by atoms with van der Waals surface area (Å²) in [6, 6.07) is 15.5. The van der Waals surface area contributed by atoms with E-state index < -0.39 is 18.1 Å². The van der Waals surface area contributed by atoms with Crippen molar-refractivity contribution in [3.05, 3.63) is 65.7 Å². The lowest BCUT2D eigenvalue weighted by atomic mass is 10.0. The van der Waals surface area contributed by atoms with E-state index in [2.05, 4.69) is 17.0 Å². The van der Waals surface area contributed by atoms with Crippen LogP contribution in [0.5, 0.6) is 5.75 Å². The first-order valence-corrected chi connectivity index (χ1v) is 15.4. The van der Waals surface area contributed by atoms with Gasteiger partial charge in [0.2, 0.25) is 0 Å². The normalized spacial score (nSPS) is 12.5. The number of nitrogens with one attached hydrogen (secondary N) is 1. The van der Waals surface area contributed by atoms with E-state index in [0.717, 1.165) is 17.7 Å². The topological polar surface area (TPSA) is 84.9 Å². The lowest BCUT2D eigenvalue weighted by Gasteiger charge is -2.23. The standard InChI is InChI=1S/C34H51NO5/c1-3-4-5-6-7-8-9-10-11-12-13-14-15-19-26-40-30-24-22-29(23-25-30)33(37)35-31(32(36)34(38)39-2)27-28-20-17-16-18-21-28/h16-18,20-25,31-32,36H,3-15,19,26-27H2,1-2H3,(H,35,37)/t31-,32+/m0/s1. The zero-order valence-corrected chi connectivity index (χ0v) is 24.7. The summed E-state index contributed by atoms with van der Waals surface area (Å²) in [5.41, 5.74) is 1.32. The van der Waals surface area contributed by atoms with Crippen molar-refractivity contribution >= 4 is 11.9 Å². The van der Waals surface area contributed by atoms with E-state index in [1.54, 1.807) is 24.3 Å². The Balaban J connectivity index is 1.62. The summed E-state index contributed by atoms with van der Waals surface area (Å²) in [6.07, 6.45) is 17.4. The monoisotopic (exact) mass is 553 g/mol. The van der Waals surface area contributed by atoms with Crippen molar-refractivity contribution < 1.29 is 24.2 Å².